The lowest BCUT2D eigenvalue weighted by Crippen LogP contribution is -2.41. The topological polar surface area (TPSA) is 66.5 Å². The third kappa shape index (κ3) is 3.42. The van der Waals surface area contributed by atoms with Crippen LogP contribution in [0.3, 0.4) is 0 Å². The number of Topliss-reactive ketones (excluding diaryl/α,β-unsaturated/α-hetero) is 1. The van der Waals surface area contributed by atoms with E-state index in [9.17, 15) is 18.8 Å². The molecule has 1 aliphatic heterocycles. The molecule has 7 heteroatoms. The Hall–Kier alpha value is -2.73. The first-order valence-electron chi connectivity index (χ1n) is 9.17. The van der Waals surface area contributed by atoms with Gasteiger partial charge in [0.15, 0.2) is 5.78 Å². The number of aryl methyl sites for hydroxylation is 2. The van der Waals surface area contributed by atoms with Gasteiger partial charge < -0.3 is 5.32 Å². The predicted octanol–water partition coefficient (Wildman–Crippen LogP) is 4.57. The van der Waals surface area contributed by atoms with Gasteiger partial charge in [-0.25, -0.2) is 9.18 Å². The third-order valence-electron chi connectivity index (χ3n) is 5.54. The summed E-state index contributed by atoms with van der Waals surface area (Å²) in [6.07, 6.45) is 0. The van der Waals surface area contributed by atoms with E-state index in [1.54, 1.807) is 6.92 Å². The summed E-state index contributed by atoms with van der Waals surface area (Å²) >= 11 is 6.14. The van der Waals surface area contributed by atoms with E-state index < -0.39 is 23.3 Å². The van der Waals surface area contributed by atoms with Gasteiger partial charge in [-0.2, -0.15) is 0 Å². The number of urea groups is 1. The number of carbonyl (C=O) groups is 3. The maximum absolute atomic E-state index is 13.4. The van der Waals surface area contributed by atoms with Gasteiger partial charge in [-0.15, -0.1) is 0 Å². The van der Waals surface area contributed by atoms with Crippen molar-refractivity contribution in [2.75, 3.05) is 0 Å². The molecule has 0 aromatic heterocycles. The van der Waals surface area contributed by atoms with E-state index in [0.29, 0.717) is 11.1 Å². The molecule has 0 bridgehead atoms. The summed E-state index contributed by atoms with van der Waals surface area (Å²) in [6, 6.07) is 5.02. The summed E-state index contributed by atoms with van der Waals surface area (Å²) in [7, 11) is 0. The summed E-state index contributed by atoms with van der Waals surface area (Å²) in [5.74, 6) is -1.08. The van der Waals surface area contributed by atoms with E-state index in [1.807, 2.05) is 26.8 Å². The molecular formula is C22H22ClFN2O3. The second-order valence-corrected chi connectivity index (χ2v) is 8.02. The maximum atomic E-state index is 13.4. The molecule has 152 valence electrons. The molecule has 3 rings (SSSR count). The first-order chi connectivity index (χ1) is 13.5. The normalized spacial score (nSPS) is 18.9. The largest absolute Gasteiger partial charge is 0.325 e. The standard InChI is InChI=1S/C22H22ClFN2O3/c1-11-8-12(2)19(14(4)27)13(3)16(11)10-26-20(28)22(5,25-21(26)29)17-7-6-15(24)9-18(17)23/h6-9H,10H2,1-5H3,(H,25,29). The van der Waals surface area contributed by atoms with Crippen molar-refractivity contribution >= 4 is 29.3 Å². The van der Waals surface area contributed by atoms with Crippen LogP contribution >= 0.6 is 11.6 Å². The molecule has 1 saturated heterocycles. The minimum atomic E-state index is -1.40. The van der Waals surface area contributed by atoms with Gasteiger partial charge in [-0.1, -0.05) is 23.7 Å². The van der Waals surface area contributed by atoms with Gasteiger partial charge in [-0.05, 0) is 69.0 Å². The molecule has 1 unspecified atom stereocenters. The summed E-state index contributed by atoms with van der Waals surface area (Å²) < 4.78 is 13.4. The van der Waals surface area contributed by atoms with Gasteiger partial charge in [0.05, 0.1) is 6.54 Å². The van der Waals surface area contributed by atoms with Crippen molar-refractivity contribution in [1.29, 1.82) is 0 Å². The summed E-state index contributed by atoms with van der Waals surface area (Å²) in [5, 5.41) is 2.74. The van der Waals surface area contributed by atoms with E-state index in [0.717, 1.165) is 33.2 Å². The van der Waals surface area contributed by atoms with Crippen LogP contribution < -0.4 is 5.32 Å². The number of hydrogen-bond donors (Lipinski definition) is 1. The highest BCUT2D eigenvalue weighted by molar-refractivity contribution is 6.32. The number of nitrogens with one attached hydrogen (secondary N) is 1. The average molecular weight is 417 g/mol. The molecule has 3 amide bonds. The molecule has 29 heavy (non-hydrogen) atoms. The zero-order valence-electron chi connectivity index (χ0n) is 16.9. The van der Waals surface area contributed by atoms with Crippen LogP contribution in [0.15, 0.2) is 24.3 Å². The van der Waals surface area contributed by atoms with Crippen LogP contribution in [0.1, 0.15) is 52.0 Å². The van der Waals surface area contributed by atoms with Crippen LogP contribution in [-0.4, -0.2) is 22.6 Å². The highest BCUT2D eigenvalue weighted by Gasteiger charge is 2.50. The Labute approximate surface area is 173 Å². The monoisotopic (exact) mass is 416 g/mol. The van der Waals surface area contributed by atoms with Crippen LogP contribution in [0.25, 0.3) is 0 Å². The molecule has 1 atom stereocenters. The zero-order valence-corrected chi connectivity index (χ0v) is 17.7. The van der Waals surface area contributed by atoms with Gasteiger partial charge in [0.2, 0.25) is 0 Å². The molecule has 0 aliphatic carbocycles. The average Bonchev–Trinajstić information content (AvgIpc) is 2.80. The van der Waals surface area contributed by atoms with E-state index in [1.165, 1.54) is 19.1 Å². The number of ketones is 1. The van der Waals surface area contributed by atoms with Crippen molar-refractivity contribution in [3.63, 3.8) is 0 Å². The minimum absolute atomic E-state index is 0.0251. The first kappa shape index (κ1) is 21.0. The molecule has 2 aromatic rings. The van der Waals surface area contributed by atoms with Crippen molar-refractivity contribution in [2.45, 2.75) is 46.7 Å². The van der Waals surface area contributed by atoms with Gasteiger partial charge in [0.25, 0.3) is 5.91 Å². The highest BCUT2D eigenvalue weighted by Crippen LogP contribution is 2.35. The van der Waals surface area contributed by atoms with Gasteiger partial charge in [0, 0.05) is 16.1 Å². The number of carbonyl (C=O) groups excluding carboxylic acids is 3. The quantitative estimate of drug-likeness (QED) is 0.586. The van der Waals surface area contributed by atoms with Gasteiger partial charge in [0.1, 0.15) is 11.4 Å². The van der Waals surface area contributed by atoms with Crippen LogP contribution in [0.5, 0.6) is 0 Å². The van der Waals surface area contributed by atoms with Crippen LogP contribution in [0, 0.1) is 26.6 Å². The Morgan fingerprint density at radius 1 is 1.17 bits per heavy atom. The van der Waals surface area contributed by atoms with Crippen molar-refractivity contribution in [3.8, 4) is 0 Å². The fraction of sp³-hybridized carbons (Fsp3) is 0.318. The van der Waals surface area contributed by atoms with E-state index in [-0.39, 0.29) is 17.4 Å². The smallest absolute Gasteiger partial charge is 0.319 e. The Morgan fingerprint density at radius 3 is 2.41 bits per heavy atom. The molecule has 0 radical (unpaired) electrons. The number of halogens is 2. The summed E-state index contributed by atoms with van der Waals surface area (Å²) in [6.45, 7) is 8.63. The second-order valence-electron chi connectivity index (χ2n) is 7.62. The van der Waals surface area contributed by atoms with E-state index >= 15 is 0 Å². The Bertz CT molecular complexity index is 1070. The lowest BCUT2D eigenvalue weighted by atomic mass is 9.90. The molecule has 1 N–H and O–H groups in total. The number of hydrogen-bond acceptors (Lipinski definition) is 3. The predicted molar refractivity (Wildman–Crippen MR) is 109 cm³/mol. The molecule has 1 aliphatic rings. The summed E-state index contributed by atoms with van der Waals surface area (Å²) in [5.41, 5.74) is 2.76. The molecule has 1 fully saturated rings. The fourth-order valence-corrected chi connectivity index (χ4v) is 4.44. The fourth-order valence-electron chi connectivity index (χ4n) is 4.09. The van der Waals surface area contributed by atoms with Gasteiger partial charge in [-0.3, -0.25) is 14.5 Å². The first-order valence-corrected chi connectivity index (χ1v) is 9.55. The van der Waals surface area contributed by atoms with E-state index in [4.69, 9.17) is 11.6 Å². The second kappa shape index (κ2) is 7.26. The molecule has 5 nitrogen and oxygen atoms in total. The van der Waals surface area contributed by atoms with Crippen molar-refractivity contribution < 1.29 is 18.8 Å². The number of nitrogens with zero attached hydrogens (tertiary/aromatic N) is 1. The number of imide groups is 1. The van der Waals surface area contributed by atoms with Crippen molar-refractivity contribution in [2.24, 2.45) is 0 Å². The molecule has 1 heterocycles. The minimum Gasteiger partial charge on any atom is -0.319 e. The Balaban J connectivity index is 2.02. The van der Waals surface area contributed by atoms with Crippen LogP contribution in [0.4, 0.5) is 9.18 Å². The van der Waals surface area contributed by atoms with Crippen LogP contribution in [-0.2, 0) is 16.9 Å². The lowest BCUT2D eigenvalue weighted by molar-refractivity contribution is -0.131. The highest BCUT2D eigenvalue weighted by atomic mass is 35.5. The van der Waals surface area contributed by atoms with Crippen molar-refractivity contribution in [1.82, 2.24) is 10.2 Å². The molecular weight excluding hydrogens is 395 g/mol. The number of amides is 3. The summed E-state index contributed by atoms with van der Waals surface area (Å²) in [4.78, 5) is 39.1. The Morgan fingerprint density at radius 2 is 1.83 bits per heavy atom. The number of benzene rings is 2. The molecule has 2 aromatic carbocycles. The van der Waals surface area contributed by atoms with E-state index in [2.05, 4.69) is 5.32 Å². The SMILES string of the molecule is CC(=O)c1c(C)cc(C)c(CN2C(=O)NC(C)(c3ccc(F)cc3Cl)C2=O)c1C. The number of rotatable bonds is 4. The Kier molecular flexibility index (Phi) is 5.26. The van der Waals surface area contributed by atoms with Crippen LogP contribution in [0.2, 0.25) is 5.02 Å². The zero-order chi connectivity index (χ0) is 21.7. The van der Waals surface area contributed by atoms with Gasteiger partial charge >= 0.3 is 6.03 Å². The molecule has 0 spiro atoms. The third-order valence-corrected chi connectivity index (χ3v) is 5.86. The maximum Gasteiger partial charge on any atom is 0.325 e. The molecule has 0 saturated carbocycles. The lowest BCUT2D eigenvalue weighted by Gasteiger charge is -2.24. The van der Waals surface area contributed by atoms with Crippen molar-refractivity contribution in [3.05, 3.63) is 68.5 Å².